The molecule has 0 radical (unpaired) electrons. The summed E-state index contributed by atoms with van der Waals surface area (Å²) in [5.41, 5.74) is 27.4. The number of para-hydroxylation sites is 3. The monoisotopic (exact) mass is 1110 g/mol. The van der Waals surface area contributed by atoms with Gasteiger partial charge in [0.2, 0.25) is 0 Å². The summed E-state index contributed by atoms with van der Waals surface area (Å²) in [5, 5.41) is 5.04. The summed E-state index contributed by atoms with van der Waals surface area (Å²) in [5.74, 6) is 0.186. The molecule has 0 bridgehead atoms. The molecule has 414 valence electrons. The molecule has 86 heavy (non-hydrogen) atoms. The van der Waals surface area contributed by atoms with Crippen LogP contribution >= 0.6 is 0 Å². The number of rotatable bonds is 10. The van der Waals surface area contributed by atoms with E-state index in [0.717, 1.165) is 40.5 Å². The summed E-state index contributed by atoms with van der Waals surface area (Å²) in [7, 11) is 0. The number of fused-ring (bicyclic) bond motifs is 2. The Balaban J connectivity index is 0.771. The Kier molecular flexibility index (Phi) is 11.7. The molecule has 3 aliphatic heterocycles. The van der Waals surface area contributed by atoms with Crippen molar-refractivity contribution in [2.75, 3.05) is 14.7 Å². The zero-order chi connectivity index (χ0) is 58.1. The fraction of sp³-hybridized carbons (Fsp3) is 0.133. The minimum Gasteiger partial charge on any atom is -0.311 e. The molecule has 4 aliphatic rings. The lowest BCUT2D eigenvalue weighted by molar-refractivity contribution is 0.505. The molecular formula is C83H67N3. The molecule has 16 rings (SSSR count). The molecule has 0 saturated carbocycles. The van der Waals surface area contributed by atoms with Crippen LogP contribution in [-0.4, -0.2) is 0 Å². The predicted octanol–water partition coefficient (Wildman–Crippen LogP) is 22.7. The molecule has 0 aromatic heterocycles. The number of benzene rings is 12. The highest BCUT2D eigenvalue weighted by atomic mass is 15.2. The topological polar surface area (TPSA) is 9.72 Å². The number of hydrogen-bond acceptors (Lipinski definition) is 3. The molecule has 3 heteroatoms. The predicted molar refractivity (Wildman–Crippen MR) is 363 cm³/mol. The Morgan fingerprint density at radius 1 is 0.337 bits per heavy atom. The first-order valence-corrected chi connectivity index (χ1v) is 30.6. The SMILES string of the molecule is CC1(C)C2=CC(c3ccc(N(c4ccccc4)c4ccc(-c5cccc6ccccc56)cc4)cc3)CC3=C2N2c4c1cc(-c1ccc(N(c5ccccc5)c5ccc(-c6cccc7ccccc67)cc5)cc1)cc4C(C)(C)c1cccc(c12)C3(C)C. The Morgan fingerprint density at radius 2 is 0.733 bits per heavy atom. The quantitative estimate of drug-likeness (QED) is 0.135. The third kappa shape index (κ3) is 8.01. The van der Waals surface area contributed by atoms with E-state index in [2.05, 4.69) is 335 Å². The second-order valence-electron chi connectivity index (χ2n) is 25.7. The number of anilines is 8. The van der Waals surface area contributed by atoms with Crippen LogP contribution in [0.1, 0.15) is 81.7 Å². The molecule has 0 spiro atoms. The van der Waals surface area contributed by atoms with Crippen LogP contribution in [0.15, 0.2) is 296 Å². The highest BCUT2D eigenvalue weighted by Gasteiger charge is 2.54. The molecule has 1 aliphatic carbocycles. The largest absolute Gasteiger partial charge is 0.311 e. The molecule has 12 aromatic carbocycles. The molecule has 3 nitrogen and oxygen atoms in total. The van der Waals surface area contributed by atoms with Crippen LogP contribution < -0.4 is 14.7 Å². The lowest BCUT2D eigenvalue weighted by atomic mass is 9.57. The van der Waals surface area contributed by atoms with Crippen molar-refractivity contribution in [3.63, 3.8) is 0 Å². The van der Waals surface area contributed by atoms with E-state index in [1.54, 1.807) is 0 Å². The fourth-order valence-corrected chi connectivity index (χ4v) is 15.2. The van der Waals surface area contributed by atoms with Crippen molar-refractivity contribution in [1.82, 2.24) is 0 Å². The van der Waals surface area contributed by atoms with E-state index in [1.165, 1.54) is 111 Å². The Hall–Kier alpha value is -9.96. The van der Waals surface area contributed by atoms with E-state index in [1.807, 2.05) is 0 Å². The van der Waals surface area contributed by atoms with Gasteiger partial charge in [-0.1, -0.05) is 236 Å². The van der Waals surface area contributed by atoms with E-state index in [-0.39, 0.29) is 22.2 Å². The highest BCUT2D eigenvalue weighted by molar-refractivity contribution is 5.99. The van der Waals surface area contributed by atoms with Gasteiger partial charge in [-0.05, 0) is 185 Å². The molecule has 12 aromatic rings. The van der Waals surface area contributed by atoms with Crippen molar-refractivity contribution < 1.29 is 0 Å². The maximum absolute atomic E-state index is 2.73. The van der Waals surface area contributed by atoms with Crippen molar-refractivity contribution in [2.45, 2.75) is 70.1 Å². The molecule has 0 saturated heterocycles. The third-order valence-corrected chi connectivity index (χ3v) is 19.8. The molecule has 1 unspecified atom stereocenters. The summed E-state index contributed by atoms with van der Waals surface area (Å²) in [6.45, 7) is 14.9. The molecular weight excluding hydrogens is 1040 g/mol. The Bertz CT molecular complexity index is 4710. The van der Waals surface area contributed by atoms with E-state index in [4.69, 9.17) is 0 Å². The minimum absolute atomic E-state index is 0.186. The van der Waals surface area contributed by atoms with E-state index < -0.39 is 0 Å². The van der Waals surface area contributed by atoms with Gasteiger partial charge in [0.15, 0.2) is 0 Å². The zero-order valence-corrected chi connectivity index (χ0v) is 49.7. The third-order valence-electron chi connectivity index (χ3n) is 19.8. The van der Waals surface area contributed by atoms with Gasteiger partial charge in [0.05, 0.1) is 17.1 Å². The minimum atomic E-state index is -0.309. The van der Waals surface area contributed by atoms with Crippen LogP contribution in [0.4, 0.5) is 45.5 Å². The zero-order valence-electron chi connectivity index (χ0n) is 49.7. The van der Waals surface area contributed by atoms with Gasteiger partial charge in [0.1, 0.15) is 0 Å². The molecule has 0 N–H and O–H groups in total. The lowest BCUT2D eigenvalue weighted by Crippen LogP contribution is -2.48. The van der Waals surface area contributed by atoms with E-state index in [0.29, 0.717) is 0 Å². The van der Waals surface area contributed by atoms with Crippen LogP contribution in [0.5, 0.6) is 0 Å². The van der Waals surface area contributed by atoms with Crippen LogP contribution in [0, 0.1) is 0 Å². The summed E-state index contributed by atoms with van der Waals surface area (Å²) < 4.78 is 0. The van der Waals surface area contributed by atoms with E-state index in [9.17, 15) is 0 Å². The van der Waals surface area contributed by atoms with E-state index >= 15 is 0 Å². The Labute approximate surface area is 506 Å². The van der Waals surface area contributed by atoms with Gasteiger partial charge in [-0.25, -0.2) is 0 Å². The number of hydrogen-bond donors (Lipinski definition) is 0. The van der Waals surface area contributed by atoms with Gasteiger partial charge in [0, 0.05) is 56.3 Å². The van der Waals surface area contributed by atoms with Crippen LogP contribution in [-0.2, 0) is 16.2 Å². The van der Waals surface area contributed by atoms with Crippen LogP contribution in [0.3, 0.4) is 0 Å². The van der Waals surface area contributed by atoms with Crippen molar-refractivity contribution >= 4 is 67.0 Å². The number of nitrogens with zero attached hydrogens (tertiary/aromatic N) is 3. The van der Waals surface area contributed by atoms with Gasteiger partial charge in [0.25, 0.3) is 0 Å². The molecule has 0 fully saturated rings. The van der Waals surface area contributed by atoms with Crippen molar-refractivity contribution in [3.8, 4) is 33.4 Å². The van der Waals surface area contributed by atoms with Gasteiger partial charge in [-0.3, -0.25) is 0 Å². The average molecular weight is 1110 g/mol. The average Bonchev–Trinajstić information content (AvgIpc) is 0.672. The first kappa shape index (κ1) is 51.7. The summed E-state index contributed by atoms with van der Waals surface area (Å²) in [6.07, 6.45) is 3.61. The molecule has 3 heterocycles. The summed E-state index contributed by atoms with van der Waals surface area (Å²) in [6, 6.07) is 101. The van der Waals surface area contributed by atoms with Gasteiger partial charge < -0.3 is 14.7 Å². The molecule has 1 atom stereocenters. The van der Waals surface area contributed by atoms with Crippen LogP contribution in [0.2, 0.25) is 0 Å². The second kappa shape index (κ2) is 19.6. The maximum atomic E-state index is 2.73. The maximum Gasteiger partial charge on any atom is 0.0544 e. The smallest absolute Gasteiger partial charge is 0.0544 e. The lowest BCUT2D eigenvalue weighted by Gasteiger charge is -2.57. The fourth-order valence-electron chi connectivity index (χ4n) is 15.2. The first-order chi connectivity index (χ1) is 41.9. The standard InChI is InChI=1S/C83H67N3/c1-81(2)72-32-19-33-73-78(72)86-79-74(81)50-60(54-34-42-64(43-35-54)84(62-24-9-7-10-25-62)66-46-38-58(39-47-66)70-30-17-22-56-20-13-15-28-68(56)70)52-76(79)83(5,6)77-53-61(51-75(80(77)86)82(73,3)4)55-36-44-65(45-37-55)85(63-26-11-8-12-27-63)67-48-40-59(41-49-67)71-31-18-23-57-21-14-16-29-69(57)71/h7-50,52-53,61H,51H2,1-6H3. The Morgan fingerprint density at radius 3 is 1.24 bits per heavy atom. The van der Waals surface area contributed by atoms with Gasteiger partial charge in [-0.15, -0.1) is 0 Å². The van der Waals surface area contributed by atoms with Crippen molar-refractivity contribution in [1.29, 1.82) is 0 Å². The first-order valence-electron chi connectivity index (χ1n) is 30.6. The summed E-state index contributed by atoms with van der Waals surface area (Å²) >= 11 is 0. The van der Waals surface area contributed by atoms with Crippen molar-refractivity contribution in [3.05, 3.63) is 324 Å². The van der Waals surface area contributed by atoms with Gasteiger partial charge >= 0.3 is 0 Å². The second-order valence-corrected chi connectivity index (χ2v) is 25.7. The molecule has 0 amide bonds. The van der Waals surface area contributed by atoms with Crippen LogP contribution in [0.25, 0.3) is 54.9 Å². The summed E-state index contributed by atoms with van der Waals surface area (Å²) in [4.78, 5) is 7.50. The number of allylic oxidation sites excluding steroid dienone is 3. The van der Waals surface area contributed by atoms with Gasteiger partial charge in [-0.2, -0.15) is 0 Å². The normalized spacial score (nSPS) is 16.4. The highest BCUT2D eigenvalue weighted by Crippen LogP contribution is 2.67. The van der Waals surface area contributed by atoms with Crippen molar-refractivity contribution in [2.24, 2.45) is 0 Å².